The molecule has 2 rings (SSSR count). The van der Waals surface area contributed by atoms with E-state index in [1.54, 1.807) is 30.3 Å². The van der Waals surface area contributed by atoms with E-state index in [4.69, 9.17) is 16.6 Å². The molecule has 23 heteroatoms. The van der Waals surface area contributed by atoms with Crippen LogP contribution in [-0.2, 0) is 49.3 Å². The van der Waals surface area contributed by atoms with E-state index in [-0.39, 0.29) is 44.4 Å². The van der Waals surface area contributed by atoms with Crippen LogP contribution in [0.5, 0.6) is 0 Å². The fourth-order valence-electron chi connectivity index (χ4n) is 5.06. The molecule has 0 aromatic heterocycles. The van der Waals surface area contributed by atoms with Gasteiger partial charge >= 0.3 is 14.1 Å². The minimum Gasteiger partial charge on any atom is -0.480 e. The molecule has 1 heterocycles. The molecule has 7 amide bonds. The second-order valence-corrected chi connectivity index (χ2v) is 13.7. The molecule has 0 spiro atoms. The van der Waals surface area contributed by atoms with Gasteiger partial charge in [0.2, 0.25) is 41.4 Å². The van der Waals surface area contributed by atoms with Crippen LogP contribution < -0.4 is 38.1 Å². The highest BCUT2D eigenvalue weighted by Crippen LogP contribution is 2.45. The Hall–Kier alpha value is -4.44. The number of aliphatic carboxylic acids is 1. The van der Waals surface area contributed by atoms with Gasteiger partial charge in [-0.25, -0.2) is 0 Å². The molecular weight excluding hydrogens is 743 g/mol. The molecule has 13 N–H and O–H groups in total. The molecule has 0 saturated carbocycles. The number of hydrogen-bond acceptors (Lipinski definition) is 14. The number of amides is 7. The molecule has 1 aromatic carbocycles. The van der Waals surface area contributed by atoms with Crippen LogP contribution in [0.4, 0.5) is 0 Å². The van der Waals surface area contributed by atoms with Gasteiger partial charge < -0.3 is 48.1 Å². The highest BCUT2D eigenvalue weighted by atomic mass is 32.1. The monoisotopic (exact) mass is 789 g/mol. The van der Waals surface area contributed by atoms with Crippen molar-refractivity contribution in [2.24, 2.45) is 11.5 Å². The summed E-state index contributed by atoms with van der Waals surface area (Å²) in [6.07, 6.45) is -0.476. The van der Waals surface area contributed by atoms with Crippen LogP contribution in [0.25, 0.3) is 0 Å². The Morgan fingerprint density at radius 3 is 2.08 bits per heavy atom. The average Bonchev–Trinajstić information content (AvgIpc) is 3.59. The van der Waals surface area contributed by atoms with E-state index in [0.29, 0.717) is 5.56 Å². The second kappa shape index (κ2) is 21.3. The highest BCUT2D eigenvalue weighted by Gasteiger charge is 2.42. The third-order valence-electron chi connectivity index (χ3n) is 7.74. The molecule has 0 radical (unpaired) electrons. The fourth-order valence-corrected chi connectivity index (χ4v) is 5.67. The molecule has 1 aliphatic rings. The number of rotatable bonds is 21. The quantitative estimate of drug-likeness (QED) is 0.0413. The van der Waals surface area contributed by atoms with Crippen molar-refractivity contribution in [3.05, 3.63) is 35.9 Å². The molecule has 0 bridgehead atoms. The first-order chi connectivity index (χ1) is 24.8. The molecule has 1 fully saturated rings. The lowest BCUT2D eigenvalue weighted by atomic mass is 10.0. The number of nitrogens with one attached hydrogen (secondary N) is 5. The smallest absolute Gasteiger partial charge is 0.480 e. The van der Waals surface area contributed by atoms with Gasteiger partial charge in [-0.2, -0.15) is 31.8 Å². The summed E-state index contributed by atoms with van der Waals surface area (Å²) in [7, 11) is -4.92. The van der Waals surface area contributed by atoms with E-state index in [2.05, 4.69) is 43.7 Å². The van der Waals surface area contributed by atoms with Gasteiger partial charge in [0.05, 0.1) is 6.04 Å². The predicted octanol–water partition coefficient (Wildman–Crippen LogP) is -4.43. The first kappa shape index (κ1) is 44.7. The number of hydrogen-bond donors (Lipinski definition) is 12. The summed E-state index contributed by atoms with van der Waals surface area (Å²) < 4.78 is 4.61. The lowest BCUT2D eigenvalue weighted by Gasteiger charge is -2.30. The largest absolute Gasteiger partial charge is 0.567 e. The molecule has 1 aliphatic heterocycles. The summed E-state index contributed by atoms with van der Waals surface area (Å²) in [6, 6.07) is 0.290. The second-order valence-electron chi connectivity index (χ2n) is 12.0. The minimum atomic E-state index is -4.92. The zero-order valence-corrected chi connectivity index (χ0v) is 30.5. The first-order valence-corrected chi connectivity index (χ1v) is 18.4. The number of benzene rings is 1. The minimum absolute atomic E-state index is 0.0537. The Kier molecular flexibility index (Phi) is 18.0. The number of nitrogens with two attached hydrogens (primary N) is 2. The molecular formula is C30H46N8O13PS+. The normalized spacial score (nSPS) is 16.9. The van der Waals surface area contributed by atoms with Crippen LogP contribution in [0.15, 0.2) is 30.3 Å². The van der Waals surface area contributed by atoms with E-state index in [1.807, 2.05) is 0 Å². The van der Waals surface area contributed by atoms with Crippen molar-refractivity contribution in [1.82, 2.24) is 31.5 Å². The number of carboxylic acids is 1. The lowest BCUT2D eigenvalue weighted by Crippen LogP contribution is -2.60. The maximum Gasteiger partial charge on any atom is 0.567 e. The number of carboxylic acid groups (broad SMARTS) is 1. The molecule has 294 valence electrons. The summed E-state index contributed by atoms with van der Waals surface area (Å²) >= 11 is 4.03. The van der Waals surface area contributed by atoms with Crippen LogP contribution >= 0.6 is 20.8 Å². The van der Waals surface area contributed by atoms with Crippen molar-refractivity contribution < 1.29 is 62.7 Å². The van der Waals surface area contributed by atoms with Crippen LogP contribution in [-0.4, -0.2) is 134 Å². The number of carbonyl (C=O) groups is 8. The van der Waals surface area contributed by atoms with Crippen molar-refractivity contribution in [3.8, 4) is 0 Å². The summed E-state index contributed by atoms with van der Waals surface area (Å²) in [5.41, 5.74) is 11.4. The van der Waals surface area contributed by atoms with Gasteiger partial charge in [-0.3, -0.25) is 38.4 Å². The third kappa shape index (κ3) is 15.6. The molecule has 1 saturated heterocycles. The maximum atomic E-state index is 13.8. The topological polar surface area (TPSA) is 342 Å². The van der Waals surface area contributed by atoms with Crippen molar-refractivity contribution in [2.45, 2.75) is 75.3 Å². The summed E-state index contributed by atoms with van der Waals surface area (Å²) in [5, 5.41) is 20.8. The Morgan fingerprint density at radius 1 is 0.906 bits per heavy atom. The van der Waals surface area contributed by atoms with Crippen LogP contribution in [0, 0.1) is 0 Å². The highest BCUT2D eigenvalue weighted by molar-refractivity contribution is 7.80. The van der Waals surface area contributed by atoms with Gasteiger partial charge in [-0.1, -0.05) is 30.3 Å². The summed E-state index contributed by atoms with van der Waals surface area (Å²) in [6.45, 7) is -0.420. The van der Waals surface area contributed by atoms with E-state index in [0.717, 1.165) is 4.90 Å². The Labute approximate surface area is 310 Å². The average molecular weight is 790 g/mol. The number of primary amides is 1. The van der Waals surface area contributed by atoms with Crippen LogP contribution in [0.2, 0.25) is 0 Å². The Balaban J connectivity index is 2.31. The Morgan fingerprint density at radius 2 is 1.51 bits per heavy atom. The van der Waals surface area contributed by atoms with Crippen molar-refractivity contribution in [2.75, 3.05) is 25.4 Å². The van der Waals surface area contributed by atoms with Crippen molar-refractivity contribution in [1.29, 1.82) is 0 Å². The van der Waals surface area contributed by atoms with Gasteiger partial charge in [0, 0.05) is 25.1 Å². The number of thiol groups is 1. The SMILES string of the molecule is C[C@H](N)C(=O)N[C@@H](CS)C(=O)N[C@@H](CO[P+](O)(O)O)C(=O)N1CCC[C@H]1C(=O)N[C@@H](CCC(N)=O)C(=O)N[C@@H](Cc1ccccc1)C(=O)NCC(=O)O. The number of carbonyl (C=O) groups excluding carboxylic acids is 7. The predicted molar refractivity (Wildman–Crippen MR) is 189 cm³/mol. The van der Waals surface area contributed by atoms with Crippen LogP contribution in [0.3, 0.4) is 0 Å². The molecule has 6 atom stereocenters. The third-order valence-corrected chi connectivity index (χ3v) is 8.60. The number of nitrogens with zero attached hydrogens (tertiary/aromatic N) is 1. The standard InChI is InChI=1S/C30H45N8O13PS/c1-16(31)25(42)37-21(15-53)28(45)36-20(14-51-52(48,49)50)30(47)38-11-5-8-22(38)29(46)34-18(9-10-23(32)39)27(44)35-19(26(43)33-13-24(40)41)12-17-6-3-2-4-7-17/h2-4,6-7,16,18-22,48-50H,5,8-15,31H2,1H3,(H8-,32,33,34,35,36,37,39,40,41,42,43,44,45,46,53)/p+1/t16-,18-,19-,20-,21-,22-/m0/s1. The van der Waals surface area contributed by atoms with E-state index < -0.39 is 105 Å². The molecule has 21 nitrogen and oxygen atoms in total. The first-order valence-electron chi connectivity index (χ1n) is 16.2. The van der Waals surface area contributed by atoms with Crippen molar-refractivity contribution in [3.63, 3.8) is 0 Å². The van der Waals surface area contributed by atoms with Gasteiger partial charge in [0.25, 0.3) is 0 Å². The van der Waals surface area contributed by atoms with Gasteiger partial charge in [0.1, 0.15) is 43.4 Å². The molecule has 1 aromatic rings. The van der Waals surface area contributed by atoms with Gasteiger partial charge in [-0.15, -0.1) is 0 Å². The van der Waals surface area contributed by atoms with Crippen molar-refractivity contribution >= 4 is 68.1 Å². The van der Waals surface area contributed by atoms with E-state index in [1.165, 1.54) is 6.92 Å². The molecule has 53 heavy (non-hydrogen) atoms. The lowest BCUT2D eigenvalue weighted by molar-refractivity contribution is -0.143. The van der Waals surface area contributed by atoms with Crippen LogP contribution in [0.1, 0.15) is 38.2 Å². The number of likely N-dealkylation sites (tertiary alicyclic amines) is 1. The van der Waals surface area contributed by atoms with E-state index in [9.17, 15) is 53.0 Å². The molecule has 0 aliphatic carbocycles. The maximum absolute atomic E-state index is 13.8. The zero-order chi connectivity index (χ0) is 39.9. The van der Waals surface area contributed by atoms with Gasteiger partial charge in [0.15, 0.2) is 0 Å². The van der Waals surface area contributed by atoms with Gasteiger partial charge in [-0.05, 0) is 31.7 Å². The molecule has 0 unspecified atom stereocenters. The van der Waals surface area contributed by atoms with E-state index >= 15 is 0 Å². The summed E-state index contributed by atoms with van der Waals surface area (Å²) in [5.74, 6) is -7.72. The Bertz CT molecular complexity index is 1480. The fraction of sp³-hybridized carbons (Fsp3) is 0.533. The summed E-state index contributed by atoms with van der Waals surface area (Å²) in [4.78, 5) is 131. The zero-order valence-electron chi connectivity index (χ0n) is 28.7.